The third-order valence-corrected chi connectivity index (χ3v) is 5.75. The number of hydrogen-bond acceptors (Lipinski definition) is 4. The largest absolute Gasteiger partial charge is 0.480 e. The number of fused-ring (bicyclic) bond motifs is 3. The molecule has 0 atom stereocenters. The Bertz CT molecular complexity index is 983. The maximum atomic E-state index is 12.5. The molecule has 0 saturated carbocycles. The van der Waals surface area contributed by atoms with Crippen molar-refractivity contribution in [3.63, 3.8) is 0 Å². The van der Waals surface area contributed by atoms with Crippen molar-refractivity contribution in [2.45, 2.75) is 57.5 Å². The molecule has 0 fully saturated rings. The van der Waals surface area contributed by atoms with Gasteiger partial charge in [0.1, 0.15) is 12.1 Å². The summed E-state index contributed by atoms with van der Waals surface area (Å²) >= 11 is 0. The second-order valence-electron chi connectivity index (χ2n) is 9.31. The number of amides is 2. The minimum absolute atomic E-state index is 0.0275. The van der Waals surface area contributed by atoms with Crippen molar-refractivity contribution in [2.75, 3.05) is 6.61 Å². The molecular weight excluding hydrogens is 408 g/mol. The number of carboxylic acid groups (broad SMARTS) is 1. The highest BCUT2D eigenvalue weighted by Gasteiger charge is 2.31. The highest BCUT2D eigenvalue weighted by Crippen LogP contribution is 2.44. The molecule has 170 valence electrons. The SMILES string of the molecule is CC(C)(CCC(=O)NC(C)(C)C(=O)O)NC(=O)OCC1c2ccccc2-c2ccccc21. The summed E-state index contributed by atoms with van der Waals surface area (Å²) in [6.07, 6.45) is -0.144. The Morgan fingerprint density at radius 1 is 0.906 bits per heavy atom. The topological polar surface area (TPSA) is 105 Å². The van der Waals surface area contributed by atoms with Gasteiger partial charge in [-0.2, -0.15) is 0 Å². The number of benzene rings is 2. The van der Waals surface area contributed by atoms with Gasteiger partial charge >= 0.3 is 12.1 Å². The molecule has 0 bridgehead atoms. The van der Waals surface area contributed by atoms with E-state index in [0.717, 1.165) is 22.3 Å². The lowest BCUT2D eigenvalue weighted by Crippen LogP contribution is -2.50. The van der Waals surface area contributed by atoms with Crippen LogP contribution in [0.2, 0.25) is 0 Å². The van der Waals surface area contributed by atoms with Gasteiger partial charge in [-0.15, -0.1) is 0 Å². The molecule has 2 amide bonds. The van der Waals surface area contributed by atoms with E-state index in [9.17, 15) is 14.4 Å². The van der Waals surface area contributed by atoms with Crippen LogP contribution >= 0.6 is 0 Å². The van der Waals surface area contributed by atoms with Crippen LogP contribution < -0.4 is 10.6 Å². The van der Waals surface area contributed by atoms with Crippen LogP contribution in [0, 0.1) is 0 Å². The fourth-order valence-electron chi connectivity index (χ4n) is 3.86. The normalized spacial score (nSPS) is 13.1. The molecule has 0 heterocycles. The summed E-state index contributed by atoms with van der Waals surface area (Å²) in [6, 6.07) is 16.2. The number of hydrogen-bond donors (Lipinski definition) is 3. The lowest BCUT2D eigenvalue weighted by molar-refractivity contribution is -0.146. The summed E-state index contributed by atoms with van der Waals surface area (Å²) in [5.41, 5.74) is 2.55. The smallest absolute Gasteiger partial charge is 0.407 e. The molecule has 0 radical (unpaired) electrons. The van der Waals surface area contributed by atoms with Crippen LogP contribution in [0.25, 0.3) is 11.1 Å². The Labute approximate surface area is 188 Å². The fraction of sp³-hybridized carbons (Fsp3) is 0.400. The zero-order valence-corrected chi connectivity index (χ0v) is 18.9. The van der Waals surface area contributed by atoms with E-state index in [1.54, 1.807) is 13.8 Å². The lowest BCUT2D eigenvalue weighted by Gasteiger charge is -2.27. The molecule has 3 N–H and O–H groups in total. The Kier molecular flexibility index (Phi) is 6.57. The highest BCUT2D eigenvalue weighted by atomic mass is 16.5. The van der Waals surface area contributed by atoms with E-state index in [-0.39, 0.29) is 24.9 Å². The Hall–Kier alpha value is -3.35. The van der Waals surface area contributed by atoms with Crippen molar-refractivity contribution < 1.29 is 24.2 Å². The summed E-state index contributed by atoms with van der Waals surface area (Å²) in [7, 11) is 0. The van der Waals surface area contributed by atoms with Crippen LogP contribution in [0.4, 0.5) is 4.79 Å². The van der Waals surface area contributed by atoms with Crippen LogP contribution in [0.5, 0.6) is 0 Å². The van der Waals surface area contributed by atoms with Gasteiger partial charge in [0, 0.05) is 17.9 Å². The standard InChI is InChI=1S/C25H30N2O5/c1-24(2,14-13-21(28)26-25(3,4)22(29)30)27-23(31)32-15-20-18-11-7-5-9-16(18)17-10-6-8-12-19(17)20/h5-12,20H,13-15H2,1-4H3,(H,26,28)(H,27,31)(H,29,30). The van der Waals surface area contributed by atoms with Crippen LogP contribution in [-0.2, 0) is 14.3 Å². The summed E-state index contributed by atoms with van der Waals surface area (Å²) in [6.45, 7) is 6.65. The summed E-state index contributed by atoms with van der Waals surface area (Å²) in [5, 5.41) is 14.4. The van der Waals surface area contributed by atoms with Gasteiger partial charge in [-0.05, 0) is 56.4 Å². The first-order valence-corrected chi connectivity index (χ1v) is 10.7. The van der Waals surface area contributed by atoms with E-state index in [2.05, 4.69) is 34.9 Å². The Morgan fingerprint density at radius 3 is 1.97 bits per heavy atom. The van der Waals surface area contributed by atoms with E-state index < -0.39 is 23.1 Å². The molecule has 2 aromatic rings. The predicted octanol–water partition coefficient (Wildman–Crippen LogP) is 4.06. The van der Waals surface area contributed by atoms with Crippen LogP contribution in [0.15, 0.2) is 48.5 Å². The number of ether oxygens (including phenoxy) is 1. The maximum Gasteiger partial charge on any atom is 0.407 e. The Morgan fingerprint density at radius 2 is 1.44 bits per heavy atom. The molecule has 1 aliphatic rings. The quantitative estimate of drug-likeness (QED) is 0.576. The number of carboxylic acids is 1. The lowest BCUT2D eigenvalue weighted by atomic mass is 9.97. The minimum atomic E-state index is -1.35. The molecule has 0 aliphatic heterocycles. The zero-order chi connectivity index (χ0) is 23.5. The summed E-state index contributed by atoms with van der Waals surface area (Å²) in [5.74, 6) is -1.53. The second-order valence-corrected chi connectivity index (χ2v) is 9.31. The molecule has 1 aliphatic carbocycles. The van der Waals surface area contributed by atoms with Gasteiger partial charge in [-0.3, -0.25) is 4.79 Å². The molecule has 0 saturated heterocycles. The van der Waals surface area contributed by atoms with Gasteiger partial charge in [0.2, 0.25) is 5.91 Å². The van der Waals surface area contributed by atoms with E-state index in [4.69, 9.17) is 9.84 Å². The molecule has 0 aromatic heterocycles. The van der Waals surface area contributed by atoms with Crippen molar-refractivity contribution in [2.24, 2.45) is 0 Å². The molecule has 7 heteroatoms. The first-order valence-electron chi connectivity index (χ1n) is 10.7. The van der Waals surface area contributed by atoms with E-state index in [0.29, 0.717) is 6.42 Å². The average molecular weight is 439 g/mol. The first kappa shape index (κ1) is 23.3. The van der Waals surface area contributed by atoms with Crippen molar-refractivity contribution in [1.82, 2.24) is 10.6 Å². The monoisotopic (exact) mass is 438 g/mol. The number of rotatable bonds is 8. The number of aliphatic carboxylic acids is 1. The van der Waals surface area contributed by atoms with Gasteiger partial charge in [0.25, 0.3) is 0 Å². The van der Waals surface area contributed by atoms with E-state index in [1.165, 1.54) is 13.8 Å². The number of nitrogens with one attached hydrogen (secondary N) is 2. The first-order chi connectivity index (χ1) is 15.0. The summed E-state index contributed by atoms with van der Waals surface area (Å²) < 4.78 is 5.57. The van der Waals surface area contributed by atoms with Gasteiger partial charge < -0.3 is 20.5 Å². The zero-order valence-electron chi connectivity index (χ0n) is 18.9. The van der Waals surface area contributed by atoms with Crippen molar-refractivity contribution in [1.29, 1.82) is 0 Å². The molecule has 7 nitrogen and oxygen atoms in total. The predicted molar refractivity (Wildman–Crippen MR) is 121 cm³/mol. The molecule has 0 spiro atoms. The number of carbonyl (C=O) groups is 3. The van der Waals surface area contributed by atoms with E-state index in [1.807, 2.05) is 24.3 Å². The van der Waals surface area contributed by atoms with Crippen LogP contribution in [-0.4, -0.2) is 40.8 Å². The number of carbonyl (C=O) groups excluding carboxylic acids is 2. The summed E-state index contributed by atoms with van der Waals surface area (Å²) in [4.78, 5) is 35.8. The molecule has 32 heavy (non-hydrogen) atoms. The third-order valence-electron chi connectivity index (χ3n) is 5.75. The second kappa shape index (κ2) is 9.02. The minimum Gasteiger partial charge on any atom is -0.480 e. The van der Waals surface area contributed by atoms with Gasteiger partial charge in [0.05, 0.1) is 0 Å². The van der Waals surface area contributed by atoms with Crippen molar-refractivity contribution >= 4 is 18.0 Å². The molecule has 2 aromatic carbocycles. The molecule has 0 unspecified atom stereocenters. The van der Waals surface area contributed by atoms with Crippen LogP contribution in [0.1, 0.15) is 57.6 Å². The number of alkyl carbamates (subject to hydrolysis) is 1. The maximum absolute atomic E-state index is 12.5. The molecule has 3 rings (SSSR count). The van der Waals surface area contributed by atoms with Crippen molar-refractivity contribution in [3.05, 3.63) is 59.7 Å². The third kappa shape index (κ3) is 5.28. The molecular formula is C25H30N2O5. The van der Waals surface area contributed by atoms with Crippen LogP contribution in [0.3, 0.4) is 0 Å². The van der Waals surface area contributed by atoms with E-state index >= 15 is 0 Å². The fourth-order valence-corrected chi connectivity index (χ4v) is 3.86. The average Bonchev–Trinajstić information content (AvgIpc) is 3.04. The van der Waals surface area contributed by atoms with Gasteiger partial charge in [0.15, 0.2) is 0 Å². The van der Waals surface area contributed by atoms with Crippen molar-refractivity contribution in [3.8, 4) is 11.1 Å². The van der Waals surface area contributed by atoms with Gasteiger partial charge in [-0.1, -0.05) is 48.5 Å². The Balaban J connectivity index is 1.54. The highest BCUT2D eigenvalue weighted by molar-refractivity contribution is 5.86. The van der Waals surface area contributed by atoms with Gasteiger partial charge in [-0.25, -0.2) is 9.59 Å².